The van der Waals surface area contributed by atoms with Gasteiger partial charge in [0.05, 0.1) is 5.25 Å². The lowest BCUT2D eigenvalue weighted by Crippen LogP contribution is -2.26. The molecule has 19 heavy (non-hydrogen) atoms. The van der Waals surface area contributed by atoms with E-state index in [1.807, 2.05) is 18.8 Å². The number of hydrogen-bond acceptors (Lipinski definition) is 4. The fourth-order valence-corrected chi connectivity index (χ4v) is 4.41. The van der Waals surface area contributed by atoms with E-state index in [2.05, 4.69) is 16.5 Å². The van der Waals surface area contributed by atoms with Crippen LogP contribution in [0.15, 0.2) is 6.20 Å². The normalized spacial score (nSPS) is 27.0. The highest BCUT2D eigenvalue weighted by Gasteiger charge is 2.23. The second-order valence-corrected chi connectivity index (χ2v) is 7.03. The second-order valence-electron chi connectivity index (χ2n) is 5.72. The molecule has 1 aliphatic heterocycles. The zero-order valence-corrected chi connectivity index (χ0v) is 12.5. The van der Waals surface area contributed by atoms with Gasteiger partial charge in [-0.25, -0.2) is 9.97 Å². The summed E-state index contributed by atoms with van der Waals surface area (Å²) in [7, 11) is 2.04. The van der Waals surface area contributed by atoms with Crippen LogP contribution in [0.1, 0.15) is 48.0 Å². The Hall–Kier alpha value is -0.610. The number of rotatable bonds is 3. The van der Waals surface area contributed by atoms with Gasteiger partial charge in [0.25, 0.3) is 0 Å². The molecule has 2 unspecified atom stereocenters. The van der Waals surface area contributed by atoms with Gasteiger partial charge in [-0.15, -0.1) is 0 Å². The lowest BCUT2D eigenvalue weighted by Gasteiger charge is -2.25. The van der Waals surface area contributed by atoms with Gasteiger partial charge in [-0.05, 0) is 62.9 Å². The van der Waals surface area contributed by atoms with Crippen molar-refractivity contribution in [1.29, 1.82) is 0 Å². The van der Waals surface area contributed by atoms with Crippen molar-refractivity contribution in [3.8, 4) is 0 Å². The Bertz CT molecular complexity index is 429. The predicted octanol–water partition coefficient (Wildman–Crippen LogP) is 2.76. The van der Waals surface area contributed by atoms with E-state index in [0.717, 1.165) is 31.1 Å². The maximum atomic E-state index is 4.88. The third kappa shape index (κ3) is 3.11. The first kappa shape index (κ1) is 13.4. The van der Waals surface area contributed by atoms with Crippen LogP contribution in [-0.4, -0.2) is 29.3 Å². The van der Waals surface area contributed by atoms with Gasteiger partial charge in [-0.1, -0.05) is 6.42 Å². The van der Waals surface area contributed by atoms with E-state index in [-0.39, 0.29) is 0 Å². The molecule has 4 heteroatoms. The van der Waals surface area contributed by atoms with Crippen LogP contribution in [0.25, 0.3) is 0 Å². The molecule has 1 aliphatic carbocycles. The molecule has 2 atom stereocenters. The average Bonchev–Trinajstić information content (AvgIpc) is 2.48. The Kier molecular flexibility index (Phi) is 4.38. The fourth-order valence-electron chi connectivity index (χ4n) is 3.16. The first-order valence-corrected chi connectivity index (χ1v) is 8.52. The van der Waals surface area contributed by atoms with Gasteiger partial charge in [-0.3, -0.25) is 0 Å². The molecule has 0 amide bonds. The molecular formula is C15H23N3S. The molecule has 3 nitrogen and oxygen atoms in total. The molecule has 1 fully saturated rings. The van der Waals surface area contributed by atoms with Crippen LogP contribution in [0.2, 0.25) is 0 Å². The summed E-state index contributed by atoms with van der Waals surface area (Å²) >= 11 is 2.04. The molecular weight excluding hydrogens is 254 g/mol. The van der Waals surface area contributed by atoms with Crippen molar-refractivity contribution in [3.05, 3.63) is 23.3 Å². The highest BCUT2D eigenvalue weighted by molar-refractivity contribution is 7.99. The van der Waals surface area contributed by atoms with E-state index in [0.29, 0.717) is 5.25 Å². The fraction of sp³-hybridized carbons (Fsp3) is 0.733. The van der Waals surface area contributed by atoms with E-state index in [4.69, 9.17) is 4.98 Å². The van der Waals surface area contributed by atoms with Crippen LogP contribution < -0.4 is 5.32 Å². The molecule has 1 N–H and O–H groups in total. The molecule has 0 bridgehead atoms. The minimum Gasteiger partial charge on any atom is -0.319 e. The Morgan fingerprint density at radius 1 is 1.37 bits per heavy atom. The lowest BCUT2D eigenvalue weighted by molar-refractivity contribution is 0.432. The summed E-state index contributed by atoms with van der Waals surface area (Å²) in [4.78, 5) is 9.54. The van der Waals surface area contributed by atoms with Gasteiger partial charge in [-0.2, -0.15) is 11.8 Å². The molecule has 0 spiro atoms. The van der Waals surface area contributed by atoms with Crippen LogP contribution in [0.3, 0.4) is 0 Å². The van der Waals surface area contributed by atoms with Crippen LogP contribution in [-0.2, 0) is 12.8 Å². The predicted molar refractivity (Wildman–Crippen MR) is 80.5 cm³/mol. The number of nitrogens with one attached hydrogen (secondary N) is 1. The number of nitrogens with zero attached hydrogens (tertiary/aromatic N) is 2. The summed E-state index contributed by atoms with van der Waals surface area (Å²) in [5.74, 6) is 3.13. The molecule has 1 aromatic heterocycles. The minimum atomic E-state index is 0.550. The third-order valence-electron chi connectivity index (χ3n) is 4.23. The first-order valence-electron chi connectivity index (χ1n) is 7.47. The number of thioether (sulfide) groups is 1. The molecule has 0 saturated carbocycles. The Morgan fingerprint density at radius 3 is 3.11 bits per heavy atom. The molecule has 104 valence electrons. The monoisotopic (exact) mass is 277 g/mol. The number of aryl methyl sites for hydroxylation is 1. The van der Waals surface area contributed by atoms with Crippen molar-refractivity contribution in [1.82, 2.24) is 15.3 Å². The van der Waals surface area contributed by atoms with Crippen LogP contribution in [0.4, 0.5) is 0 Å². The summed E-state index contributed by atoms with van der Waals surface area (Å²) in [5.41, 5.74) is 2.71. The lowest BCUT2D eigenvalue weighted by atomic mass is 9.87. The van der Waals surface area contributed by atoms with Crippen molar-refractivity contribution in [2.75, 3.05) is 19.3 Å². The van der Waals surface area contributed by atoms with Gasteiger partial charge in [0.1, 0.15) is 5.82 Å². The van der Waals surface area contributed by atoms with Crippen molar-refractivity contribution >= 4 is 11.8 Å². The van der Waals surface area contributed by atoms with Crippen LogP contribution in [0.5, 0.6) is 0 Å². The molecule has 2 heterocycles. The Morgan fingerprint density at radius 2 is 2.32 bits per heavy atom. The largest absolute Gasteiger partial charge is 0.319 e. The van der Waals surface area contributed by atoms with Crippen LogP contribution >= 0.6 is 11.8 Å². The van der Waals surface area contributed by atoms with Crippen LogP contribution in [0, 0.1) is 5.92 Å². The van der Waals surface area contributed by atoms with Crippen molar-refractivity contribution in [2.24, 2.45) is 5.92 Å². The zero-order chi connectivity index (χ0) is 13.1. The maximum absolute atomic E-state index is 4.88. The summed E-state index contributed by atoms with van der Waals surface area (Å²) in [5, 5.41) is 3.84. The zero-order valence-electron chi connectivity index (χ0n) is 11.7. The first-order chi connectivity index (χ1) is 9.36. The quantitative estimate of drug-likeness (QED) is 0.922. The van der Waals surface area contributed by atoms with Crippen molar-refractivity contribution in [3.63, 3.8) is 0 Å². The topological polar surface area (TPSA) is 37.8 Å². The number of aromatic nitrogens is 2. The standard InChI is InChI=1S/C15H23N3S/c1-16-9-11-5-6-13-12(8-11)10-17-15(18-13)14-4-2-3-7-19-14/h10-11,14,16H,2-9H2,1H3. The smallest absolute Gasteiger partial charge is 0.141 e. The highest BCUT2D eigenvalue weighted by Crippen LogP contribution is 2.37. The van der Waals surface area contributed by atoms with E-state index < -0.39 is 0 Å². The van der Waals surface area contributed by atoms with Crippen molar-refractivity contribution < 1.29 is 0 Å². The van der Waals surface area contributed by atoms with Gasteiger partial charge < -0.3 is 5.32 Å². The molecule has 0 aromatic carbocycles. The second kappa shape index (κ2) is 6.23. The minimum absolute atomic E-state index is 0.550. The van der Waals surface area contributed by atoms with Crippen molar-refractivity contribution in [2.45, 2.75) is 43.8 Å². The SMILES string of the molecule is CNCC1CCc2nc(C3CCCCS3)ncc2C1. The molecule has 2 aliphatic rings. The summed E-state index contributed by atoms with van der Waals surface area (Å²) in [6.45, 7) is 1.11. The number of fused-ring (bicyclic) bond motifs is 1. The van der Waals surface area contributed by atoms with Gasteiger partial charge in [0.15, 0.2) is 0 Å². The molecule has 0 radical (unpaired) electrons. The van der Waals surface area contributed by atoms with Gasteiger partial charge >= 0.3 is 0 Å². The summed E-state index contributed by atoms with van der Waals surface area (Å²) in [6, 6.07) is 0. The number of hydrogen-bond donors (Lipinski definition) is 1. The van der Waals surface area contributed by atoms with E-state index >= 15 is 0 Å². The van der Waals surface area contributed by atoms with Gasteiger partial charge in [0.2, 0.25) is 0 Å². The average molecular weight is 277 g/mol. The maximum Gasteiger partial charge on any atom is 0.141 e. The molecule has 1 aromatic rings. The highest BCUT2D eigenvalue weighted by atomic mass is 32.2. The van der Waals surface area contributed by atoms with Gasteiger partial charge in [0, 0.05) is 11.9 Å². The summed E-state index contributed by atoms with van der Waals surface area (Å²) in [6.07, 6.45) is 9.60. The van der Waals surface area contributed by atoms with E-state index in [9.17, 15) is 0 Å². The Labute approximate surface area is 120 Å². The molecule has 1 saturated heterocycles. The Balaban J connectivity index is 1.73. The summed E-state index contributed by atoms with van der Waals surface area (Å²) < 4.78 is 0. The van der Waals surface area contributed by atoms with E-state index in [1.165, 1.54) is 42.7 Å². The third-order valence-corrected chi connectivity index (χ3v) is 5.60. The molecule has 3 rings (SSSR count). The van der Waals surface area contributed by atoms with E-state index in [1.54, 1.807) is 0 Å².